The van der Waals surface area contributed by atoms with E-state index in [1.54, 1.807) is 0 Å². The Balaban J connectivity index is 3.21. The van der Waals surface area contributed by atoms with Gasteiger partial charge in [-0.25, -0.2) is 18.4 Å². The molecule has 1 aromatic rings. The van der Waals surface area contributed by atoms with Crippen molar-refractivity contribution in [3.8, 4) is 0 Å². The molecule has 0 fully saturated rings. The third-order valence-corrected chi connectivity index (χ3v) is 3.89. The van der Waals surface area contributed by atoms with Gasteiger partial charge in [0, 0.05) is 0 Å². The summed E-state index contributed by atoms with van der Waals surface area (Å²) in [4.78, 5) is 22.7. The number of hydrogen-bond acceptors (Lipinski definition) is 6. The van der Waals surface area contributed by atoms with Crippen LogP contribution in [0.4, 0.5) is 0 Å². The highest BCUT2D eigenvalue weighted by Crippen LogP contribution is 2.25. The molecule has 7 nitrogen and oxygen atoms in total. The number of primary sulfonamides is 1. The van der Waals surface area contributed by atoms with Crippen LogP contribution in [0.15, 0.2) is 24.3 Å². The predicted octanol–water partition coefficient (Wildman–Crippen LogP) is 0.366. The standard InChI is InChI=1S/C12H15NO6S/c1-18-11(14)7-10(20(13,16)17)8-4-3-5-9(6-8)12(15)19-2/h3-6,10H,7H2,1-2H3,(H2,13,16,17). The number of nitrogens with two attached hydrogens (primary N) is 1. The molecule has 0 saturated heterocycles. The van der Waals surface area contributed by atoms with Crippen molar-refractivity contribution in [2.75, 3.05) is 14.2 Å². The van der Waals surface area contributed by atoms with Gasteiger partial charge in [-0.15, -0.1) is 0 Å². The van der Waals surface area contributed by atoms with E-state index >= 15 is 0 Å². The van der Waals surface area contributed by atoms with E-state index in [0.717, 1.165) is 7.11 Å². The topological polar surface area (TPSA) is 113 Å². The van der Waals surface area contributed by atoms with Crippen molar-refractivity contribution in [3.63, 3.8) is 0 Å². The molecular formula is C12H15NO6S. The van der Waals surface area contributed by atoms with Crippen LogP contribution in [0.2, 0.25) is 0 Å². The maximum atomic E-state index is 11.6. The van der Waals surface area contributed by atoms with Crippen molar-refractivity contribution >= 4 is 22.0 Å². The molecule has 1 atom stereocenters. The Morgan fingerprint density at radius 3 is 2.40 bits per heavy atom. The van der Waals surface area contributed by atoms with Gasteiger partial charge in [-0.1, -0.05) is 12.1 Å². The zero-order chi connectivity index (χ0) is 15.3. The van der Waals surface area contributed by atoms with Crippen LogP contribution in [0.25, 0.3) is 0 Å². The molecule has 1 aromatic carbocycles. The number of ether oxygens (including phenoxy) is 2. The summed E-state index contributed by atoms with van der Waals surface area (Å²) < 4.78 is 32.2. The number of carbonyl (C=O) groups excluding carboxylic acids is 2. The molecule has 0 amide bonds. The van der Waals surface area contributed by atoms with E-state index in [1.165, 1.54) is 31.4 Å². The Bertz CT molecular complexity index is 610. The molecule has 0 aliphatic heterocycles. The molecule has 0 spiro atoms. The van der Waals surface area contributed by atoms with Gasteiger partial charge in [-0.3, -0.25) is 4.79 Å². The van der Waals surface area contributed by atoms with Crippen molar-refractivity contribution in [1.82, 2.24) is 0 Å². The summed E-state index contributed by atoms with van der Waals surface area (Å²) >= 11 is 0. The lowest BCUT2D eigenvalue weighted by Gasteiger charge is -2.14. The van der Waals surface area contributed by atoms with Crippen LogP contribution in [0.3, 0.4) is 0 Å². The first-order valence-electron chi connectivity index (χ1n) is 5.56. The fourth-order valence-corrected chi connectivity index (χ4v) is 2.54. The molecule has 1 rings (SSSR count). The van der Waals surface area contributed by atoms with Crippen LogP contribution in [0, 0.1) is 0 Å². The van der Waals surface area contributed by atoms with Crippen LogP contribution in [0.5, 0.6) is 0 Å². The smallest absolute Gasteiger partial charge is 0.337 e. The van der Waals surface area contributed by atoms with Gasteiger partial charge in [0.25, 0.3) is 0 Å². The van der Waals surface area contributed by atoms with Gasteiger partial charge in [0.1, 0.15) is 5.25 Å². The van der Waals surface area contributed by atoms with Crippen molar-refractivity contribution in [2.24, 2.45) is 5.14 Å². The fourth-order valence-electron chi connectivity index (χ4n) is 1.64. The van der Waals surface area contributed by atoms with Gasteiger partial charge >= 0.3 is 11.9 Å². The summed E-state index contributed by atoms with van der Waals surface area (Å²) in [6.07, 6.45) is -0.431. The van der Waals surface area contributed by atoms with E-state index in [0.29, 0.717) is 0 Å². The molecule has 110 valence electrons. The monoisotopic (exact) mass is 301 g/mol. The van der Waals surface area contributed by atoms with Gasteiger partial charge in [-0.05, 0) is 17.7 Å². The molecule has 2 N–H and O–H groups in total. The van der Waals surface area contributed by atoms with Gasteiger partial charge in [0.15, 0.2) is 0 Å². The lowest BCUT2D eigenvalue weighted by Crippen LogP contribution is -2.24. The third kappa shape index (κ3) is 4.04. The molecular weight excluding hydrogens is 286 g/mol. The third-order valence-electron chi connectivity index (χ3n) is 2.66. The minimum absolute atomic E-state index is 0.170. The zero-order valence-electron chi connectivity index (χ0n) is 11.0. The minimum Gasteiger partial charge on any atom is -0.469 e. The van der Waals surface area contributed by atoms with Crippen LogP contribution in [-0.4, -0.2) is 34.6 Å². The number of methoxy groups -OCH3 is 2. The molecule has 0 bridgehead atoms. The molecule has 0 radical (unpaired) electrons. The number of sulfonamides is 1. The molecule has 0 aliphatic rings. The van der Waals surface area contributed by atoms with Crippen molar-refractivity contribution in [3.05, 3.63) is 35.4 Å². The highest BCUT2D eigenvalue weighted by atomic mass is 32.2. The molecule has 20 heavy (non-hydrogen) atoms. The van der Waals surface area contributed by atoms with Crippen LogP contribution < -0.4 is 5.14 Å². The summed E-state index contributed by atoms with van der Waals surface area (Å²) in [6, 6.07) is 5.74. The molecule has 1 unspecified atom stereocenters. The fraction of sp³-hybridized carbons (Fsp3) is 0.333. The molecule has 0 heterocycles. The normalized spacial score (nSPS) is 12.6. The number of carbonyl (C=O) groups is 2. The van der Waals surface area contributed by atoms with E-state index in [-0.39, 0.29) is 11.1 Å². The molecule has 8 heteroatoms. The van der Waals surface area contributed by atoms with Crippen molar-refractivity contribution in [2.45, 2.75) is 11.7 Å². The largest absolute Gasteiger partial charge is 0.469 e. The Kier molecular flexibility index (Phi) is 5.23. The van der Waals surface area contributed by atoms with Gasteiger partial charge in [0.05, 0.1) is 26.2 Å². The Morgan fingerprint density at radius 2 is 1.90 bits per heavy atom. The predicted molar refractivity (Wildman–Crippen MR) is 70.3 cm³/mol. The van der Waals surface area contributed by atoms with Gasteiger partial charge < -0.3 is 9.47 Å². The quantitative estimate of drug-likeness (QED) is 0.786. The first kappa shape index (κ1) is 16.1. The average molecular weight is 301 g/mol. The van der Waals surface area contributed by atoms with Crippen molar-refractivity contribution in [1.29, 1.82) is 0 Å². The number of hydrogen-bond donors (Lipinski definition) is 1. The van der Waals surface area contributed by atoms with Crippen LogP contribution >= 0.6 is 0 Å². The number of benzene rings is 1. The number of rotatable bonds is 5. The van der Waals surface area contributed by atoms with Crippen LogP contribution in [-0.2, 0) is 24.3 Å². The highest BCUT2D eigenvalue weighted by Gasteiger charge is 2.27. The first-order valence-corrected chi connectivity index (χ1v) is 7.17. The summed E-state index contributed by atoms with van der Waals surface area (Å²) in [6.45, 7) is 0. The van der Waals surface area contributed by atoms with Crippen molar-refractivity contribution < 1.29 is 27.5 Å². The second-order valence-electron chi connectivity index (χ2n) is 3.97. The molecule has 0 aromatic heterocycles. The van der Waals surface area contributed by atoms with E-state index < -0.39 is 33.6 Å². The Labute approximate surface area is 116 Å². The summed E-state index contributed by atoms with van der Waals surface area (Å²) in [7, 11) is -1.67. The zero-order valence-corrected chi connectivity index (χ0v) is 11.8. The highest BCUT2D eigenvalue weighted by molar-refractivity contribution is 7.89. The number of esters is 2. The SMILES string of the molecule is COC(=O)CC(c1cccc(C(=O)OC)c1)S(N)(=O)=O. The molecule has 0 saturated carbocycles. The lowest BCUT2D eigenvalue weighted by atomic mass is 10.1. The maximum Gasteiger partial charge on any atom is 0.337 e. The minimum atomic E-state index is -4.03. The average Bonchev–Trinajstić information content (AvgIpc) is 2.42. The summed E-state index contributed by atoms with van der Waals surface area (Å²) in [5.41, 5.74) is 0.393. The Morgan fingerprint density at radius 1 is 1.25 bits per heavy atom. The lowest BCUT2D eigenvalue weighted by molar-refractivity contribution is -0.140. The van der Waals surface area contributed by atoms with E-state index in [1.807, 2.05) is 0 Å². The van der Waals surface area contributed by atoms with Gasteiger partial charge in [-0.2, -0.15) is 0 Å². The maximum absolute atomic E-state index is 11.6. The van der Waals surface area contributed by atoms with E-state index in [9.17, 15) is 18.0 Å². The van der Waals surface area contributed by atoms with Gasteiger partial charge in [0.2, 0.25) is 10.0 Å². The second kappa shape index (κ2) is 6.49. The second-order valence-corrected chi connectivity index (χ2v) is 5.72. The van der Waals surface area contributed by atoms with E-state index in [2.05, 4.69) is 9.47 Å². The molecule has 0 aliphatic carbocycles. The Hall–Kier alpha value is -1.93. The van der Waals surface area contributed by atoms with Crippen LogP contribution in [0.1, 0.15) is 27.6 Å². The first-order chi connectivity index (χ1) is 9.29. The van der Waals surface area contributed by atoms with E-state index in [4.69, 9.17) is 5.14 Å². The summed E-state index contributed by atoms with van der Waals surface area (Å²) in [5, 5.41) is 3.84. The summed E-state index contributed by atoms with van der Waals surface area (Å²) in [5.74, 6) is -1.33.